The van der Waals surface area contributed by atoms with E-state index >= 15 is 0 Å². The van der Waals surface area contributed by atoms with Crippen LogP contribution in [0.5, 0.6) is 0 Å². The van der Waals surface area contributed by atoms with E-state index < -0.39 is 0 Å². The first-order valence-electron chi connectivity index (χ1n) is 53.5. The number of nitrogens with one attached hydrogen (secondary N) is 4. The molecule has 10 aromatic heterocycles. The Morgan fingerprint density at radius 3 is 1.32 bits per heavy atom. The van der Waals surface area contributed by atoms with Crippen molar-refractivity contribution in [3.63, 3.8) is 0 Å². The highest BCUT2D eigenvalue weighted by Crippen LogP contribution is 2.33. The van der Waals surface area contributed by atoms with Crippen LogP contribution in [0, 0.1) is 0 Å². The first kappa shape index (κ1) is 152. The highest BCUT2D eigenvalue weighted by molar-refractivity contribution is 8.01. The Hall–Kier alpha value is -10.8. The van der Waals surface area contributed by atoms with Crippen molar-refractivity contribution in [2.24, 2.45) is 0 Å². The maximum absolute atomic E-state index is 5.12. The van der Waals surface area contributed by atoms with Crippen LogP contribution in [-0.4, -0.2) is 60.8 Å². The van der Waals surface area contributed by atoms with Crippen molar-refractivity contribution in [2.75, 3.05) is 5.75 Å². The summed E-state index contributed by atoms with van der Waals surface area (Å²) in [6.45, 7) is 88.0. The third kappa shape index (κ3) is 67.6. The first-order chi connectivity index (χ1) is 69.6. The van der Waals surface area contributed by atoms with E-state index in [9.17, 15) is 0 Å². The number of hydrogen-bond acceptors (Lipinski definition) is 14. The lowest BCUT2D eigenvalue weighted by Gasteiger charge is -1.93. The Labute approximate surface area is 873 Å². The lowest BCUT2D eigenvalue weighted by atomic mass is 10.1. The SMILES string of the molecule is C1=Cc2ccccc2C1.CC.CC.CC.CC.CC.CC.CC.CC.CC.CC.CC.CC.CC.CC.CC.CC.CC.CC.CC.CC.CC.CC.c1ccc2[nH]ccc2c1.c1ccc2[nH]cnc2c1.c1ccc2[nH]ncc2c1.c1ccc2occc2c1.c1ccc2ocnc2c1.c1ccc2sccc2c1.c1ccc2scnc2c1.c1nc2c([nH]1)CCC2.c1nc2c(o1)CCC2.c1nc2c(s1)SCC2. The van der Waals surface area contributed by atoms with Crippen LogP contribution in [0.25, 0.3) is 81.3 Å². The minimum atomic E-state index is 0.845. The highest BCUT2D eigenvalue weighted by atomic mass is 32.2. The number of aromatic amines is 4. The minimum Gasteiger partial charge on any atom is -0.464 e. The number of aromatic nitrogens is 11. The van der Waals surface area contributed by atoms with Crippen LogP contribution in [0.2, 0.25) is 0 Å². The molecule has 0 spiro atoms. The summed E-state index contributed by atoms with van der Waals surface area (Å²) in [7, 11) is 0. The van der Waals surface area contributed by atoms with Crippen molar-refractivity contribution in [1.82, 2.24) is 55.1 Å². The summed E-state index contributed by atoms with van der Waals surface area (Å²) in [4.78, 5) is 33.8. The number of furan rings is 1. The van der Waals surface area contributed by atoms with Gasteiger partial charge in [-0.15, -0.1) is 45.8 Å². The fourth-order valence-electron chi connectivity index (χ4n) is 10.5. The topological polar surface area (TPSA) is 193 Å². The standard InChI is InChI=1S/C9H8.C8H7N.C8H6O.C8H6S.2C7H6N2.C7H5NO.C7H5NS.C6H8N2.C6H7NO.C5H5NS2.22C2H6/c1-2-5-9-7-3-6-8(9)4-1;3*1-2-4-8-7(3-1)5-6-9-8;1-2-4-7-6(3-1)8-5-9-7;1-2-4-7-6(3-1)5-8-9-7;2*1-2-4-7-6(3-1)8-5-9-7;2*1-2-5-6(3-1)8-4-7-5;1-2-7-5-4(1)6-3-8-5;22*1-2/h1-6H,7H2;1-6,9H;2*1-6H;2*1-5H,(H,8,9);2*1-5H;4H,1-3H2,(H,7,8);4H,1-3H2;3H,1-2H2;22*1-2H3. The molecule has 140 heavy (non-hydrogen) atoms. The molecular formula is C122H201N11O3S4. The summed E-state index contributed by atoms with van der Waals surface area (Å²) in [5.74, 6) is 2.35. The molecule has 0 unspecified atom stereocenters. The summed E-state index contributed by atoms with van der Waals surface area (Å²) in [6.07, 6.45) is 25.7. The van der Waals surface area contributed by atoms with Gasteiger partial charge in [-0.25, -0.2) is 29.9 Å². The van der Waals surface area contributed by atoms with E-state index in [1.165, 1.54) is 114 Å². The molecule has 0 bridgehead atoms. The molecule has 0 saturated heterocycles. The van der Waals surface area contributed by atoms with Gasteiger partial charge in [-0.1, -0.05) is 450 Å². The number of nitrogens with zero attached hydrogens (tertiary/aromatic N) is 7. The Bertz CT molecular complexity index is 4240. The number of thiophene rings is 1. The molecule has 0 atom stereocenters. The molecule has 18 heteroatoms. The van der Waals surface area contributed by atoms with Gasteiger partial charge in [0.15, 0.2) is 18.4 Å². The van der Waals surface area contributed by atoms with Crippen LogP contribution in [0.15, 0.2) is 296 Å². The molecule has 3 aliphatic carbocycles. The van der Waals surface area contributed by atoms with Crippen LogP contribution in [0.1, 0.15) is 357 Å². The molecule has 18 aromatic rings. The molecule has 786 valence electrons. The van der Waals surface area contributed by atoms with Crippen molar-refractivity contribution >= 4 is 127 Å². The summed E-state index contributed by atoms with van der Waals surface area (Å²) in [6, 6.07) is 71.0. The maximum Gasteiger partial charge on any atom is 0.181 e. The molecule has 0 saturated carbocycles. The molecule has 8 aromatic carbocycles. The number of fused-ring (bicyclic) bond motifs is 11. The van der Waals surface area contributed by atoms with Gasteiger partial charge in [-0.05, 0) is 145 Å². The molecule has 4 N–H and O–H groups in total. The highest BCUT2D eigenvalue weighted by Gasteiger charge is 2.15. The van der Waals surface area contributed by atoms with Gasteiger partial charge in [0.1, 0.15) is 16.9 Å². The lowest BCUT2D eigenvalue weighted by Crippen LogP contribution is -1.77. The number of thiazole rings is 2. The largest absolute Gasteiger partial charge is 0.464 e. The maximum atomic E-state index is 5.12. The van der Waals surface area contributed by atoms with Crippen LogP contribution in [0.4, 0.5) is 0 Å². The van der Waals surface area contributed by atoms with E-state index in [-0.39, 0.29) is 0 Å². The zero-order valence-corrected chi connectivity index (χ0v) is 99.8. The fraction of sp³-hybridized carbons (Fsp3) is 0.434. The lowest BCUT2D eigenvalue weighted by molar-refractivity contribution is 0.508. The third-order valence-electron chi connectivity index (χ3n) is 15.4. The average molecular weight is 2000 g/mol. The second-order valence-corrected chi connectivity index (χ2v) is 25.8. The second-order valence-electron chi connectivity index (χ2n) is 21.7. The second kappa shape index (κ2) is 124. The van der Waals surface area contributed by atoms with E-state index in [4.69, 9.17) is 13.3 Å². The van der Waals surface area contributed by atoms with Gasteiger partial charge in [0.05, 0.1) is 84.2 Å². The zero-order chi connectivity index (χ0) is 109. The van der Waals surface area contributed by atoms with Crippen molar-refractivity contribution in [1.29, 1.82) is 0 Å². The quantitative estimate of drug-likeness (QED) is 0.113. The Morgan fingerprint density at radius 1 is 0.300 bits per heavy atom. The number of hydrogen-bond donors (Lipinski definition) is 4. The van der Waals surface area contributed by atoms with Crippen LogP contribution < -0.4 is 0 Å². The Balaban J connectivity index is -0.000000140. The van der Waals surface area contributed by atoms with Crippen LogP contribution in [-0.2, 0) is 38.5 Å². The molecule has 0 amide bonds. The van der Waals surface area contributed by atoms with Gasteiger partial charge in [-0.2, -0.15) is 5.10 Å². The Kier molecular flexibility index (Phi) is 135. The molecule has 1 aliphatic heterocycles. The van der Waals surface area contributed by atoms with Crippen molar-refractivity contribution < 1.29 is 13.3 Å². The first-order valence-corrected chi connectivity index (χ1v) is 57.2. The van der Waals surface area contributed by atoms with Crippen molar-refractivity contribution in [3.05, 3.63) is 319 Å². The molecule has 11 heterocycles. The molecular weight excluding hydrogens is 1800 g/mol. The predicted molar refractivity (Wildman–Crippen MR) is 647 cm³/mol. The summed E-state index contributed by atoms with van der Waals surface area (Å²) in [5.41, 5.74) is 20.0. The number of oxazole rings is 2. The number of allylic oxidation sites excluding steroid dienone is 1. The van der Waals surface area contributed by atoms with Crippen molar-refractivity contribution in [2.45, 2.75) is 360 Å². The van der Waals surface area contributed by atoms with Crippen LogP contribution in [0.3, 0.4) is 0 Å². The number of imidazole rings is 2. The van der Waals surface area contributed by atoms with Gasteiger partial charge in [-0.3, -0.25) is 5.10 Å². The number of H-pyrrole nitrogens is 4. The summed E-state index contributed by atoms with van der Waals surface area (Å²) >= 11 is 7.16. The van der Waals surface area contributed by atoms with Crippen molar-refractivity contribution in [3.8, 4) is 0 Å². The number of aryl methyl sites for hydroxylation is 5. The number of benzene rings is 8. The predicted octanol–water partition coefficient (Wildman–Crippen LogP) is 43.4. The number of para-hydroxylation sites is 8. The molecule has 22 rings (SSSR count). The normalized spacial score (nSPS) is 9.26. The van der Waals surface area contributed by atoms with E-state index in [0.29, 0.717) is 0 Å². The third-order valence-corrected chi connectivity index (χ3v) is 19.3. The van der Waals surface area contributed by atoms with Crippen LogP contribution >= 0.6 is 45.8 Å². The number of thioether (sulfide) groups is 1. The average Bonchev–Trinajstić information content (AvgIpc) is 1.71. The van der Waals surface area contributed by atoms with E-state index in [0.717, 1.165) is 74.5 Å². The summed E-state index contributed by atoms with van der Waals surface area (Å²) < 4.78 is 19.3. The van der Waals surface area contributed by atoms with Gasteiger partial charge >= 0.3 is 0 Å². The fourth-order valence-corrected chi connectivity index (χ4v) is 14.0. The minimum absolute atomic E-state index is 0.845. The smallest absolute Gasteiger partial charge is 0.181 e. The van der Waals surface area contributed by atoms with E-state index in [2.05, 4.69) is 151 Å². The Morgan fingerprint density at radius 2 is 0.779 bits per heavy atom. The molecule has 0 fully saturated rings. The zero-order valence-electron chi connectivity index (χ0n) is 96.5. The van der Waals surface area contributed by atoms with E-state index in [1.54, 1.807) is 52.9 Å². The van der Waals surface area contributed by atoms with Gasteiger partial charge < -0.3 is 28.2 Å². The number of rotatable bonds is 0. The van der Waals surface area contributed by atoms with Gasteiger partial charge in [0.2, 0.25) is 0 Å². The van der Waals surface area contributed by atoms with Gasteiger partial charge in [0, 0.05) is 51.5 Å². The summed E-state index contributed by atoms with van der Waals surface area (Å²) in [5, 5.41) is 13.8. The van der Waals surface area contributed by atoms with Gasteiger partial charge in [0.25, 0.3) is 0 Å². The monoisotopic (exact) mass is 2000 g/mol. The molecule has 4 aliphatic rings. The molecule has 0 radical (unpaired) electrons. The van der Waals surface area contributed by atoms with E-state index in [1.807, 2.05) is 473 Å². The molecule has 14 nitrogen and oxygen atoms in total.